The summed E-state index contributed by atoms with van der Waals surface area (Å²) in [5.74, 6) is 0. The molecule has 0 spiro atoms. The number of rotatable bonds is 4. The maximum atomic E-state index is 11.9. The van der Waals surface area contributed by atoms with E-state index in [9.17, 15) is 13.2 Å². The molecular formula is C11H13NO3S. The van der Waals surface area contributed by atoms with Crippen LogP contribution in [0.1, 0.15) is 19.4 Å². The molecule has 0 saturated heterocycles. The molecule has 1 aromatic carbocycles. The third-order valence-electron chi connectivity index (χ3n) is 2.17. The van der Waals surface area contributed by atoms with Gasteiger partial charge in [-0.25, -0.2) is 18.2 Å². The number of carbonyl (C=O) groups excluding carboxylic acids is 1. The van der Waals surface area contributed by atoms with Gasteiger partial charge in [-0.3, -0.25) is 0 Å². The summed E-state index contributed by atoms with van der Waals surface area (Å²) in [5.41, 5.74) is 0.685. The van der Waals surface area contributed by atoms with Crippen LogP contribution in [0.2, 0.25) is 0 Å². The number of sulfone groups is 1. The Balaban J connectivity index is 3.13. The lowest BCUT2D eigenvalue weighted by molar-refractivity contribution is 0.563. The van der Waals surface area contributed by atoms with Crippen LogP contribution < -0.4 is 0 Å². The Bertz CT molecular complexity index is 514. The van der Waals surface area contributed by atoms with Crippen LogP contribution >= 0.6 is 0 Å². The van der Waals surface area contributed by atoms with Gasteiger partial charge in [0.25, 0.3) is 0 Å². The van der Waals surface area contributed by atoms with E-state index in [1.807, 2.05) is 0 Å². The number of hydrogen-bond donors (Lipinski definition) is 0. The van der Waals surface area contributed by atoms with Gasteiger partial charge in [0.15, 0.2) is 9.84 Å². The first-order chi connectivity index (χ1) is 7.48. The minimum Gasteiger partial charge on any atom is -0.223 e. The normalized spacial score (nSPS) is 11.2. The molecule has 0 radical (unpaired) electrons. The molecule has 86 valence electrons. The molecule has 0 heterocycles. The fourth-order valence-corrected chi connectivity index (χ4v) is 2.34. The van der Waals surface area contributed by atoms with Gasteiger partial charge in [-0.15, -0.1) is 0 Å². The molecule has 0 saturated carbocycles. The minimum atomic E-state index is -3.26. The van der Waals surface area contributed by atoms with Crippen molar-refractivity contribution in [3.63, 3.8) is 0 Å². The van der Waals surface area contributed by atoms with Gasteiger partial charge in [-0.05, 0) is 31.5 Å². The molecular weight excluding hydrogens is 226 g/mol. The van der Waals surface area contributed by atoms with E-state index in [1.54, 1.807) is 32.0 Å². The zero-order valence-corrected chi connectivity index (χ0v) is 9.99. The van der Waals surface area contributed by atoms with Crippen LogP contribution in [0.15, 0.2) is 34.2 Å². The second kappa shape index (κ2) is 5.05. The van der Waals surface area contributed by atoms with Gasteiger partial charge in [-0.1, -0.05) is 12.1 Å². The molecule has 1 rings (SSSR count). The highest BCUT2D eigenvalue weighted by atomic mass is 32.2. The highest BCUT2D eigenvalue weighted by Crippen LogP contribution is 2.17. The van der Waals surface area contributed by atoms with Gasteiger partial charge in [0, 0.05) is 0 Å². The smallest absolute Gasteiger partial charge is 0.223 e. The molecule has 0 aliphatic carbocycles. The van der Waals surface area contributed by atoms with Crippen molar-refractivity contribution in [3.8, 4) is 0 Å². The standard InChI is InChI=1S/C11H13NO3S/c1-9(2)16(14,15)11-5-3-4-10(6-11)7-12-8-13/h3-6,9H,7H2,1-2H3. The van der Waals surface area contributed by atoms with Crippen LogP contribution in [0.25, 0.3) is 0 Å². The zero-order chi connectivity index (χ0) is 12.2. The summed E-state index contributed by atoms with van der Waals surface area (Å²) < 4.78 is 23.7. The fraction of sp³-hybridized carbons (Fsp3) is 0.364. The molecule has 0 aliphatic rings. The molecule has 0 aliphatic heterocycles. The van der Waals surface area contributed by atoms with Crippen LogP contribution in [-0.4, -0.2) is 19.7 Å². The van der Waals surface area contributed by atoms with Crippen molar-refractivity contribution in [1.29, 1.82) is 0 Å². The van der Waals surface area contributed by atoms with E-state index >= 15 is 0 Å². The molecule has 0 N–H and O–H groups in total. The Hall–Kier alpha value is -1.45. The maximum Gasteiger partial charge on any atom is 0.235 e. The third-order valence-corrected chi connectivity index (χ3v) is 4.33. The summed E-state index contributed by atoms with van der Waals surface area (Å²) in [6.45, 7) is 3.42. The van der Waals surface area contributed by atoms with Crippen LogP contribution in [0.3, 0.4) is 0 Å². The SMILES string of the molecule is CC(C)S(=O)(=O)c1cccc(CN=C=O)c1. The van der Waals surface area contributed by atoms with Crippen molar-refractivity contribution >= 4 is 15.9 Å². The average molecular weight is 239 g/mol. The van der Waals surface area contributed by atoms with Crippen molar-refractivity contribution < 1.29 is 13.2 Å². The fourth-order valence-electron chi connectivity index (χ4n) is 1.22. The van der Waals surface area contributed by atoms with Gasteiger partial charge < -0.3 is 0 Å². The van der Waals surface area contributed by atoms with Gasteiger partial charge in [0.05, 0.1) is 16.7 Å². The monoisotopic (exact) mass is 239 g/mol. The lowest BCUT2D eigenvalue weighted by Crippen LogP contribution is -2.14. The van der Waals surface area contributed by atoms with Crippen molar-refractivity contribution in [2.75, 3.05) is 0 Å². The number of benzene rings is 1. The molecule has 0 bridgehead atoms. The molecule has 4 nitrogen and oxygen atoms in total. The Morgan fingerprint density at radius 3 is 2.62 bits per heavy atom. The van der Waals surface area contributed by atoms with E-state index in [0.717, 1.165) is 0 Å². The quantitative estimate of drug-likeness (QED) is 0.593. The highest BCUT2D eigenvalue weighted by molar-refractivity contribution is 7.92. The number of isocyanates is 1. The summed E-state index contributed by atoms with van der Waals surface area (Å²) >= 11 is 0. The number of nitrogens with zero attached hydrogens (tertiary/aromatic N) is 1. The molecule has 0 amide bonds. The highest BCUT2D eigenvalue weighted by Gasteiger charge is 2.18. The second-order valence-electron chi connectivity index (χ2n) is 3.65. The Morgan fingerprint density at radius 2 is 2.06 bits per heavy atom. The topological polar surface area (TPSA) is 63.6 Å². The molecule has 16 heavy (non-hydrogen) atoms. The second-order valence-corrected chi connectivity index (χ2v) is 6.15. The van der Waals surface area contributed by atoms with E-state index < -0.39 is 15.1 Å². The summed E-state index contributed by atoms with van der Waals surface area (Å²) in [6.07, 6.45) is 1.42. The van der Waals surface area contributed by atoms with Crippen molar-refractivity contribution in [1.82, 2.24) is 0 Å². The van der Waals surface area contributed by atoms with Crippen molar-refractivity contribution in [2.45, 2.75) is 30.5 Å². The van der Waals surface area contributed by atoms with Gasteiger partial charge in [0.1, 0.15) is 0 Å². The Morgan fingerprint density at radius 1 is 1.38 bits per heavy atom. The Labute approximate surface area is 94.9 Å². The van der Waals surface area contributed by atoms with Crippen LogP contribution in [-0.2, 0) is 21.2 Å². The first-order valence-electron chi connectivity index (χ1n) is 4.85. The van der Waals surface area contributed by atoms with Crippen LogP contribution in [0, 0.1) is 0 Å². The van der Waals surface area contributed by atoms with Crippen molar-refractivity contribution in [3.05, 3.63) is 29.8 Å². The molecule has 1 aromatic rings. The lowest BCUT2D eigenvalue weighted by Gasteiger charge is -2.08. The van der Waals surface area contributed by atoms with E-state index in [1.165, 1.54) is 12.1 Å². The van der Waals surface area contributed by atoms with Crippen molar-refractivity contribution in [2.24, 2.45) is 4.99 Å². The predicted molar refractivity (Wildman–Crippen MR) is 60.6 cm³/mol. The molecule has 0 unspecified atom stereocenters. The first kappa shape index (κ1) is 12.6. The average Bonchev–Trinajstić information content (AvgIpc) is 2.26. The summed E-state index contributed by atoms with van der Waals surface area (Å²) in [5, 5.41) is -0.461. The third kappa shape index (κ3) is 2.78. The molecule has 0 atom stereocenters. The first-order valence-corrected chi connectivity index (χ1v) is 6.39. The van der Waals surface area contributed by atoms with E-state index in [2.05, 4.69) is 4.99 Å². The van der Waals surface area contributed by atoms with Gasteiger partial charge in [-0.2, -0.15) is 0 Å². The van der Waals surface area contributed by atoms with Gasteiger partial charge >= 0.3 is 0 Å². The Kier molecular flexibility index (Phi) is 3.99. The largest absolute Gasteiger partial charge is 0.235 e. The minimum absolute atomic E-state index is 0.158. The zero-order valence-electron chi connectivity index (χ0n) is 9.17. The lowest BCUT2D eigenvalue weighted by atomic mass is 10.2. The van der Waals surface area contributed by atoms with Gasteiger partial charge in [0.2, 0.25) is 6.08 Å². The molecule has 0 fully saturated rings. The number of aliphatic imine (C=N–C) groups is 1. The van der Waals surface area contributed by atoms with E-state index in [-0.39, 0.29) is 11.4 Å². The maximum absolute atomic E-state index is 11.9. The predicted octanol–water partition coefficient (Wildman–Crippen LogP) is 1.70. The van der Waals surface area contributed by atoms with E-state index in [4.69, 9.17) is 0 Å². The summed E-state index contributed by atoms with van der Waals surface area (Å²) in [6, 6.07) is 6.45. The molecule has 5 heteroatoms. The van der Waals surface area contributed by atoms with Crippen LogP contribution in [0.5, 0.6) is 0 Å². The number of hydrogen-bond acceptors (Lipinski definition) is 4. The molecule has 0 aromatic heterocycles. The van der Waals surface area contributed by atoms with E-state index in [0.29, 0.717) is 5.56 Å². The summed E-state index contributed by atoms with van der Waals surface area (Å²) in [4.78, 5) is 13.6. The van der Waals surface area contributed by atoms with Crippen LogP contribution in [0.4, 0.5) is 0 Å². The summed E-state index contributed by atoms with van der Waals surface area (Å²) in [7, 11) is -3.26.